The lowest BCUT2D eigenvalue weighted by molar-refractivity contribution is -0.123. The SMILES string of the molecule is CC/C=C\C/C=C\C/C=C\C/C=C\C/C=C\C/C=C\C/C=C\C/C=C\C/C=C\CCCCCCCCCCCCCCCC(=O)NC(CO)C(O)/C=C/CC/C=C/CC/C=C/CCCCCCCCCCC. The molecule has 0 aromatic heterocycles. The van der Waals surface area contributed by atoms with Crippen LogP contribution in [0.2, 0.25) is 0 Å². The van der Waals surface area contributed by atoms with Crippen LogP contribution in [-0.2, 0) is 4.79 Å². The highest BCUT2D eigenvalue weighted by atomic mass is 16.3. The fraction of sp³-hybridized carbons (Fsp3) is 0.632. The number of carbonyl (C=O) groups excluding carboxylic acids is 1. The molecule has 0 rings (SSSR count). The zero-order chi connectivity index (χ0) is 52.0. The topological polar surface area (TPSA) is 69.6 Å². The van der Waals surface area contributed by atoms with Crippen LogP contribution in [0.3, 0.4) is 0 Å². The van der Waals surface area contributed by atoms with E-state index in [9.17, 15) is 15.0 Å². The lowest BCUT2D eigenvalue weighted by atomic mass is 10.0. The van der Waals surface area contributed by atoms with Crippen molar-refractivity contribution in [3.8, 4) is 0 Å². The van der Waals surface area contributed by atoms with Gasteiger partial charge in [-0.25, -0.2) is 0 Å². The van der Waals surface area contributed by atoms with Crippen LogP contribution in [-0.4, -0.2) is 34.9 Å². The molecule has 3 N–H and O–H groups in total. The van der Waals surface area contributed by atoms with Crippen LogP contribution in [0, 0.1) is 0 Å². The van der Waals surface area contributed by atoms with Crippen molar-refractivity contribution < 1.29 is 15.0 Å². The van der Waals surface area contributed by atoms with E-state index in [1.165, 1.54) is 141 Å². The van der Waals surface area contributed by atoms with Crippen LogP contribution >= 0.6 is 0 Å². The summed E-state index contributed by atoms with van der Waals surface area (Å²) in [5.41, 5.74) is 0. The molecule has 408 valence electrons. The first-order valence-electron chi connectivity index (χ1n) is 30.0. The van der Waals surface area contributed by atoms with Gasteiger partial charge in [0, 0.05) is 6.42 Å². The zero-order valence-corrected chi connectivity index (χ0v) is 46.9. The minimum atomic E-state index is -0.879. The molecular formula is C68H113NO3. The number of allylic oxidation sites excluding steroid dienone is 23. The van der Waals surface area contributed by atoms with Crippen molar-refractivity contribution in [2.24, 2.45) is 0 Å². The van der Waals surface area contributed by atoms with E-state index in [4.69, 9.17) is 0 Å². The van der Waals surface area contributed by atoms with E-state index in [-0.39, 0.29) is 12.5 Å². The third kappa shape index (κ3) is 57.2. The molecule has 0 heterocycles. The van der Waals surface area contributed by atoms with Crippen molar-refractivity contribution in [3.05, 3.63) is 146 Å². The number of amides is 1. The van der Waals surface area contributed by atoms with Gasteiger partial charge in [0.25, 0.3) is 0 Å². The molecule has 0 aromatic rings. The van der Waals surface area contributed by atoms with Crippen molar-refractivity contribution >= 4 is 5.91 Å². The molecule has 4 heteroatoms. The van der Waals surface area contributed by atoms with E-state index in [2.05, 4.69) is 153 Å². The molecule has 0 aliphatic carbocycles. The number of hydrogen-bond acceptors (Lipinski definition) is 3. The smallest absolute Gasteiger partial charge is 0.220 e. The van der Waals surface area contributed by atoms with E-state index >= 15 is 0 Å². The second-order valence-electron chi connectivity index (χ2n) is 19.7. The van der Waals surface area contributed by atoms with Crippen molar-refractivity contribution in [2.45, 2.75) is 270 Å². The maximum atomic E-state index is 12.5. The van der Waals surface area contributed by atoms with Crippen molar-refractivity contribution in [3.63, 3.8) is 0 Å². The molecule has 2 unspecified atom stereocenters. The Morgan fingerprint density at radius 2 is 0.625 bits per heavy atom. The van der Waals surface area contributed by atoms with Crippen LogP contribution in [0.1, 0.15) is 258 Å². The first kappa shape index (κ1) is 68.3. The Hall–Kier alpha value is -3.73. The van der Waals surface area contributed by atoms with Gasteiger partial charge in [-0.3, -0.25) is 4.79 Å². The highest BCUT2D eigenvalue weighted by Crippen LogP contribution is 2.15. The zero-order valence-electron chi connectivity index (χ0n) is 46.9. The molecule has 0 saturated carbocycles. The standard InChI is InChI=1S/C68H113NO3/c1-3-5-7-9-11-13-15-17-19-21-23-24-25-26-27-28-29-30-31-32-33-34-35-36-37-38-39-40-41-42-43-44-46-48-50-52-54-56-58-60-62-64-68(72)69-66(65-70)67(71)63-61-59-57-55-53-51-49-47-45-22-20-18-16-14-12-10-8-6-4-2/h5,7,11,13,17,19,23-24,26-27,29-30,32-33,35-36,38-39,45,47,53,55,61,63,66-67,70-71H,3-4,6,8-10,12,14-16,18,20-22,25,28,31,34,37,40-44,46,48-52,54,56-60,62,64-65H2,1-2H3,(H,69,72)/b7-5-,13-11-,19-17-,24-23-,27-26-,30-29-,33-32-,36-35-,39-38-,47-45+,55-53+,63-61+. The third-order valence-electron chi connectivity index (χ3n) is 12.8. The number of carbonyl (C=O) groups is 1. The summed E-state index contributed by atoms with van der Waals surface area (Å²) in [7, 11) is 0. The molecule has 72 heavy (non-hydrogen) atoms. The van der Waals surface area contributed by atoms with Crippen molar-refractivity contribution in [1.82, 2.24) is 5.32 Å². The van der Waals surface area contributed by atoms with Crippen LogP contribution in [0.5, 0.6) is 0 Å². The predicted molar refractivity (Wildman–Crippen MR) is 321 cm³/mol. The Bertz CT molecular complexity index is 1500. The molecule has 0 fully saturated rings. The highest BCUT2D eigenvalue weighted by molar-refractivity contribution is 5.76. The van der Waals surface area contributed by atoms with Gasteiger partial charge in [0.1, 0.15) is 0 Å². The first-order chi connectivity index (χ1) is 35.7. The summed E-state index contributed by atoms with van der Waals surface area (Å²) in [6.07, 6.45) is 97.3. The summed E-state index contributed by atoms with van der Waals surface area (Å²) in [5, 5.41) is 23.1. The van der Waals surface area contributed by atoms with Gasteiger partial charge in [0.05, 0.1) is 18.8 Å². The molecule has 0 spiro atoms. The summed E-state index contributed by atoms with van der Waals surface area (Å²) in [6, 6.07) is -0.655. The second kappa shape index (κ2) is 61.6. The minimum Gasteiger partial charge on any atom is -0.394 e. The largest absolute Gasteiger partial charge is 0.394 e. The van der Waals surface area contributed by atoms with Gasteiger partial charge in [-0.15, -0.1) is 0 Å². The lowest BCUT2D eigenvalue weighted by Crippen LogP contribution is -2.45. The Morgan fingerprint density at radius 3 is 0.972 bits per heavy atom. The quantitative estimate of drug-likeness (QED) is 0.0420. The molecule has 0 aliphatic rings. The Morgan fingerprint density at radius 1 is 0.347 bits per heavy atom. The average Bonchev–Trinajstić information content (AvgIpc) is 3.39. The lowest BCUT2D eigenvalue weighted by Gasteiger charge is -2.19. The minimum absolute atomic E-state index is 0.0840. The van der Waals surface area contributed by atoms with Crippen LogP contribution in [0.15, 0.2) is 146 Å². The average molecular weight is 993 g/mol. The summed E-state index contributed by atoms with van der Waals surface area (Å²) in [5.74, 6) is -0.0840. The Balaban J connectivity index is 3.61. The van der Waals surface area contributed by atoms with Crippen LogP contribution < -0.4 is 5.32 Å². The van der Waals surface area contributed by atoms with Gasteiger partial charge in [-0.2, -0.15) is 0 Å². The molecule has 0 aliphatic heterocycles. The predicted octanol–water partition coefficient (Wildman–Crippen LogP) is 20.4. The summed E-state index contributed by atoms with van der Waals surface area (Å²) >= 11 is 0. The monoisotopic (exact) mass is 992 g/mol. The number of aliphatic hydroxyl groups is 2. The van der Waals surface area contributed by atoms with E-state index in [0.717, 1.165) is 96.3 Å². The normalized spacial score (nSPS) is 13.9. The number of aliphatic hydroxyl groups excluding tert-OH is 2. The van der Waals surface area contributed by atoms with Gasteiger partial charge in [0.2, 0.25) is 5.91 Å². The van der Waals surface area contributed by atoms with E-state index in [0.29, 0.717) is 6.42 Å². The molecule has 2 atom stereocenters. The molecule has 4 nitrogen and oxygen atoms in total. The third-order valence-corrected chi connectivity index (χ3v) is 12.8. The maximum Gasteiger partial charge on any atom is 0.220 e. The summed E-state index contributed by atoms with van der Waals surface area (Å²) in [6.45, 7) is 4.17. The van der Waals surface area contributed by atoms with Gasteiger partial charge in [-0.05, 0) is 116 Å². The van der Waals surface area contributed by atoms with Gasteiger partial charge in [-0.1, -0.05) is 282 Å². The van der Waals surface area contributed by atoms with Crippen LogP contribution in [0.4, 0.5) is 0 Å². The summed E-state index contributed by atoms with van der Waals surface area (Å²) < 4.78 is 0. The number of nitrogens with one attached hydrogen (secondary N) is 1. The molecular weight excluding hydrogens is 879 g/mol. The van der Waals surface area contributed by atoms with Gasteiger partial charge < -0.3 is 15.5 Å². The summed E-state index contributed by atoms with van der Waals surface area (Å²) in [4.78, 5) is 12.5. The maximum absolute atomic E-state index is 12.5. The fourth-order valence-electron chi connectivity index (χ4n) is 8.26. The van der Waals surface area contributed by atoms with E-state index in [1.807, 2.05) is 6.08 Å². The highest BCUT2D eigenvalue weighted by Gasteiger charge is 2.18. The number of rotatable bonds is 53. The Labute approximate surface area is 446 Å². The van der Waals surface area contributed by atoms with Crippen LogP contribution in [0.25, 0.3) is 0 Å². The first-order valence-corrected chi connectivity index (χ1v) is 30.0. The van der Waals surface area contributed by atoms with Gasteiger partial charge in [0.15, 0.2) is 0 Å². The molecule has 0 aromatic carbocycles. The number of hydrogen-bond donors (Lipinski definition) is 3. The molecule has 0 radical (unpaired) electrons. The van der Waals surface area contributed by atoms with Crippen molar-refractivity contribution in [2.75, 3.05) is 6.61 Å². The van der Waals surface area contributed by atoms with E-state index < -0.39 is 12.1 Å². The van der Waals surface area contributed by atoms with Gasteiger partial charge >= 0.3 is 0 Å². The molecule has 1 amide bonds. The Kier molecular flexibility index (Phi) is 58.4. The molecule has 0 saturated heterocycles. The fourth-order valence-corrected chi connectivity index (χ4v) is 8.26. The van der Waals surface area contributed by atoms with E-state index in [1.54, 1.807) is 6.08 Å². The number of unbranched alkanes of at least 4 members (excludes halogenated alkanes) is 24. The second-order valence-corrected chi connectivity index (χ2v) is 19.7. The van der Waals surface area contributed by atoms with Crippen molar-refractivity contribution in [1.29, 1.82) is 0 Å². The molecule has 0 bridgehead atoms.